The van der Waals surface area contributed by atoms with E-state index in [4.69, 9.17) is 9.97 Å². The van der Waals surface area contributed by atoms with Crippen LogP contribution in [0.1, 0.15) is 40.8 Å². The Bertz CT molecular complexity index is 5310. The van der Waals surface area contributed by atoms with Gasteiger partial charge in [-0.15, -0.1) is 0 Å². The first-order valence-corrected chi connectivity index (χ1v) is 31.7. The number of fused-ring (bicyclic) bond motifs is 9. The molecule has 5 heteroatoms. The average Bonchev–Trinajstić information content (AvgIpc) is 1.64. The summed E-state index contributed by atoms with van der Waals surface area (Å²) in [5.41, 5.74) is 28.7. The van der Waals surface area contributed by atoms with E-state index in [0.29, 0.717) is 5.82 Å². The first-order valence-electron chi connectivity index (χ1n) is 31.7. The van der Waals surface area contributed by atoms with Crippen LogP contribution in [0.3, 0.4) is 0 Å². The highest BCUT2D eigenvalue weighted by molar-refractivity contribution is 6.15. The smallest absolute Gasteiger partial charge is 0.160 e. The number of aryl methyl sites for hydroxylation is 4. The van der Waals surface area contributed by atoms with Crippen LogP contribution in [0, 0.1) is 27.7 Å². The van der Waals surface area contributed by atoms with Gasteiger partial charge in [-0.05, 0) is 158 Å². The van der Waals surface area contributed by atoms with E-state index >= 15 is 0 Å². The van der Waals surface area contributed by atoms with Crippen LogP contribution in [-0.4, -0.2) is 23.7 Å². The minimum atomic E-state index is 0.646. The Labute approximate surface area is 529 Å². The van der Waals surface area contributed by atoms with Crippen molar-refractivity contribution in [1.82, 2.24) is 23.7 Å². The quantitative estimate of drug-likeness (QED) is 0.137. The third-order valence-electron chi connectivity index (χ3n) is 18.9. The van der Waals surface area contributed by atoms with Crippen LogP contribution in [0.2, 0.25) is 0 Å². The molecule has 1 aliphatic rings. The van der Waals surface area contributed by atoms with E-state index < -0.39 is 0 Å². The lowest BCUT2D eigenvalue weighted by molar-refractivity contribution is 1.03. The van der Waals surface area contributed by atoms with Crippen molar-refractivity contribution in [2.75, 3.05) is 0 Å². The Morgan fingerprint density at radius 2 is 0.736 bits per heavy atom. The van der Waals surface area contributed by atoms with Crippen LogP contribution >= 0.6 is 0 Å². The van der Waals surface area contributed by atoms with E-state index in [-0.39, 0.29) is 0 Å². The number of allylic oxidation sites excluding steroid dienone is 4. The summed E-state index contributed by atoms with van der Waals surface area (Å²) in [6.07, 6.45) is 8.77. The summed E-state index contributed by atoms with van der Waals surface area (Å²) in [6, 6.07) is 99.0. The molecule has 0 saturated heterocycles. The molecule has 0 N–H and O–H groups in total. The summed E-state index contributed by atoms with van der Waals surface area (Å²) in [5, 5.41) is 7.15. The van der Waals surface area contributed by atoms with E-state index in [2.05, 4.69) is 327 Å². The summed E-state index contributed by atoms with van der Waals surface area (Å²) in [5.74, 6) is 0.646. The van der Waals surface area contributed by atoms with Crippen LogP contribution in [0.5, 0.6) is 0 Å². The first kappa shape index (κ1) is 53.8. The average molecular weight is 1170 g/mol. The number of para-hydroxylation sites is 6. The normalized spacial score (nSPS) is 12.5. The predicted molar refractivity (Wildman–Crippen MR) is 383 cm³/mol. The molecule has 0 bridgehead atoms. The van der Waals surface area contributed by atoms with Crippen molar-refractivity contribution >= 4 is 71.0 Å². The van der Waals surface area contributed by atoms with Gasteiger partial charge in [0.1, 0.15) is 0 Å². The lowest BCUT2D eigenvalue weighted by Crippen LogP contribution is -2.06. The molecule has 0 radical (unpaired) electrons. The molecule has 4 heterocycles. The maximum atomic E-state index is 5.68. The van der Waals surface area contributed by atoms with Gasteiger partial charge in [0, 0.05) is 65.7 Å². The molecule has 0 unspecified atom stereocenters. The summed E-state index contributed by atoms with van der Waals surface area (Å²) < 4.78 is 7.55. The lowest BCUT2D eigenvalue weighted by atomic mass is 9.90. The number of aromatic nitrogens is 5. The fraction of sp³-hybridized carbons (Fsp3) is 0.0698. The van der Waals surface area contributed by atoms with E-state index in [1.54, 1.807) is 0 Å². The van der Waals surface area contributed by atoms with Crippen molar-refractivity contribution in [3.05, 3.63) is 313 Å². The van der Waals surface area contributed by atoms with E-state index in [0.717, 1.165) is 113 Å². The van der Waals surface area contributed by atoms with Gasteiger partial charge in [0.15, 0.2) is 5.82 Å². The van der Waals surface area contributed by atoms with Crippen LogP contribution in [0.4, 0.5) is 0 Å². The number of rotatable bonds is 10. The maximum absolute atomic E-state index is 5.68. The largest absolute Gasteiger partial charge is 0.309 e. The minimum Gasteiger partial charge on any atom is -0.309 e. The molecule has 0 atom stereocenters. The molecule has 5 nitrogen and oxygen atoms in total. The highest BCUT2D eigenvalue weighted by Gasteiger charge is 2.28. The van der Waals surface area contributed by atoms with Crippen LogP contribution in [-0.2, 0) is 0 Å². The molecule has 12 aromatic carbocycles. The molecule has 17 rings (SSSR count). The molecule has 0 amide bonds. The molecule has 0 spiro atoms. The van der Waals surface area contributed by atoms with Gasteiger partial charge in [0.2, 0.25) is 0 Å². The van der Waals surface area contributed by atoms with Crippen molar-refractivity contribution in [2.24, 2.45) is 0 Å². The first-order chi connectivity index (χ1) is 44.8. The van der Waals surface area contributed by atoms with Crippen LogP contribution in [0.15, 0.2) is 285 Å². The maximum Gasteiger partial charge on any atom is 0.160 e. The fourth-order valence-corrected chi connectivity index (χ4v) is 14.7. The Kier molecular flexibility index (Phi) is 12.8. The lowest BCUT2D eigenvalue weighted by Gasteiger charge is -2.24. The third-order valence-corrected chi connectivity index (χ3v) is 18.9. The molecule has 16 aromatic rings. The molecule has 0 aliphatic heterocycles. The third kappa shape index (κ3) is 8.98. The molecular weight excluding hydrogens is 1100 g/mol. The van der Waals surface area contributed by atoms with Gasteiger partial charge in [0.25, 0.3) is 0 Å². The van der Waals surface area contributed by atoms with Gasteiger partial charge in [0.05, 0.1) is 61.6 Å². The minimum absolute atomic E-state index is 0.646. The van der Waals surface area contributed by atoms with Crippen molar-refractivity contribution in [3.8, 4) is 84.2 Å². The number of hydrogen-bond acceptors (Lipinski definition) is 2. The highest BCUT2D eigenvalue weighted by Crippen LogP contribution is 2.49. The number of benzene rings is 12. The van der Waals surface area contributed by atoms with Gasteiger partial charge < -0.3 is 13.7 Å². The van der Waals surface area contributed by atoms with E-state index in [9.17, 15) is 0 Å². The summed E-state index contributed by atoms with van der Waals surface area (Å²) >= 11 is 0. The second-order valence-electron chi connectivity index (χ2n) is 24.6. The zero-order valence-corrected chi connectivity index (χ0v) is 51.3. The van der Waals surface area contributed by atoms with Gasteiger partial charge in [-0.2, -0.15) is 0 Å². The summed E-state index contributed by atoms with van der Waals surface area (Å²) in [6.45, 7) is 8.83. The van der Waals surface area contributed by atoms with Gasteiger partial charge in [-0.25, -0.2) is 9.97 Å². The number of nitrogens with zero attached hydrogens (tertiary/aromatic N) is 5. The Hall–Kier alpha value is -11.4. The van der Waals surface area contributed by atoms with Gasteiger partial charge in [-0.1, -0.05) is 217 Å². The SMILES string of the molecule is Cc1ccc(-c2ccc3c(c2)c2cc(-c4ccc(C)cc4C)ccc2n3-c2c(-c3ccccc3-n3c4ccccc4c4ccccc43)cc(-c3nc(C4=CCCC=C4)cc(-c4ccccc4)n3)cc2-c2ccccc2-n2c3ccccc3c3ccccc32)c(C)c1. The predicted octanol–water partition coefficient (Wildman–Crippen LogP) is 22.7. The zero-order valence-electron chi connectivity index (χ0n) is 51.3. The Balaban J connectivity index is 1.06. The zero-order chi connectivity index (χ0) is 60.8. The van der Waals surface area contributed by atoms with Gasteiger partial charge >= 0.3 is 0 Å². The monoisotopic (exact) mass is 1170 g/mol. The Morgan fingerprint density at radius 1 is 0.297 bits per heavy atom. The standard InChI is InChI=1S/C86H63N5/c1-54-39-43-63(56(3)47-54)60-41-45-83-71(49-60)72-50-61(64-44-40-55(2)48-57(64)4)42-46-84(72)91(83)85-73(69-31-15-21-37-81(69)89-77-33-17-11-27-65(77)66-28-12-18-34-78(66)89)51-62(86-87-75(58-23-7-5-8-24-58)53-76(88-86)59-25-9-6-10-26-59)52-74(85)70-32-16-22-38-82(70)90-79-35-19-13-29-67(79)68-30-14-20-36-80(68)90/h5,7-9,11-53H,6,10H2,1-4H3. The number of hydrogen-bond donors (Lipinski definition) is 0. The summed E-state index contributed by atoms with van der Waals surface area (Å²) in [7, 11) is 0. The highest BCUT2D eigenvalue weighted by atomic mass is 15.0. The molecule has 91 heavy (non-hydrogen) atoms. The fourth-order valence-electron chi connectivity index (χ4n) is 14.7. The molecule has 4 aromatic heterocycles. The molecule has 432 valence electrons. The van der Waals surface area contributed by atoms with E-state index in [1.807, 2.05) is 0 Å². The van der Waals surface area contributed by atoms with Crippen LogP contribution in [0.25, 0.3) is 155 Å². The van der Waals surface area contributed by atoms with E-state index in [1.165, 1.54) is 76.8 Å². The van der Waals surface area contributed by atoms with Crippen LogP contribution < -0.4 is 0 Å². The topological polar surface area (TPSA) is 40.6 Å². The second-order valence-corrected chi connectivity index (χ2v) is 24.6. The van der Waals surface area contributed by atoms with Crippen molar-refractivity contribution in [1.29, 1.82) is 0 Å². The molecule has 0 fully saturated rings. The second kappa shape index (κ2) is 21.7. The molecular formula is C86H63N5. The molecule has 0 saturated carbocycles. The summed E-state index contributed by atoms with van der Waals surface area (Å²) in [4.78, 5) is 11.3. The van der Waals surface area contributed by atoms with Crippen molar-refractivity contribution < 1.29 is 0 Å². The Morgan fingerprint density at radius 3 is 1.21 bits per heavy atom. The van der Waals surface area contributed by atoms with Crippen molar-refractivity contribution in [2.45, 2.75) is 40.5 Å². The molecule has 1 aliphatic carbocycles. The van der Waals surface area contributed by atoms with Crippen molar-refractivity contribution in [3.63, 3.8) is 0 Å². The van der Waals surface area contributed by atoms with Gasteiger partial charge in [-0.3, -0.25) is 0 Å².